The fourth-order valence-corrected chi connectivity index (χ4v) is 2.76. The van der Waals surface area contributed by atoms with Crippen molar-refractivity contribution in [3.05, 3.63) is 60.3 Å². The zero-order valence-corrected chi connectivity index (χ0v) is 12.3. The molecule has 1 aliphatic rings. The quantitative estimate of drug-likeness (QED) is 0.915. The number of hydrogen-bond acceptors (Lipinski definition) is 3. The monoisotopic (exact) mass is 297 g/mol. The number of anilines is 1. The molecular formula is C17H19N3O2. The van der Waals surface area contributed by atoms with Crippen molar-refractivity contribution in [2.24, 2.45) is 0 Å². The molecule has 0 radical (unpaired) electrons. The molecule has 3 rings (SSSR count). The molecule has 0 aliphatic carbocycles. The molecule has 2 amide bonds. The van der Waals surface area contributed by atoms with E-state index < -0.39 is 5.54 Å². The van der Waals surface area contributed by atoms with Gasteiger partial charge in [0.25, 0.3) is 0 Å². The molecule has 2 aromatic rings. The highest BCUT2D eigenvalue weighted by Gasteiger charge is 2.35. The number of rotatable bonds is 3. The van der Waals surface area contributed by atoms with Gasteiger partial charge in [0.15, 0.2) is 0 Å². The lowest BCUT2D eigenvalue weighted by Crippen LogP contribution is -2.50. The van der Waals surface area contributed by atoms with Gasteiger partial charge in [-0.05, 0) is 30.5 Å². The summed E-state index contributed by atoms with van der Waals surface area (Å²) in [6.45, 7) is 1.28. The number of amides is 2. The van der Waals surface area contributed by atoms with Crippen molar-refractivity contribution >= 4 is 11.8 Å². The van der Waals surface area contributed by atoms with Crippen molar-refractivity contribution in [1.29, 1.82) is 0 Å². The number of ether oxygens (including phenoxy) is 1. The Morgan fingerprint density at radius 1 is 1.05 bits per heavy atom. The van der Waals surface area contributed by atoms with Crippen LogP contribution in [0.15, 0.2) is 54.7 Å². The van der Waals surface area contributed by atoms with Crippen molar-refractivity contribution in [3.63, 3.8) is 0 Å². The Morgan fingerprint density at radius 2 is 1.77 bits per heavy atom. The number of nitrogens with zero attached hydrogens (tertiary/aromatic N) is 1. The lowest BCUT2D eigenvalue weighted by atomic mass is 9.83. The van der Waals surface area contributed by atoms with Crippen LogP contribution in [0, 0.1) is 0 Å². The van der Waals surface area contributed by atoms with Crippen LogP contribution < -0.4 is 10.6 Å². The zero-order chi connectivity index (χ0) is 15.3. The molecule has 22 heavy (non-hydrogen) atoms. The van der Waals surface area contributed by atoms with E-state index in [0.717, 1.165) is 18.4 Å². The summed E-state index contributed by atoms with van der Waals surface area (Å²) in [4.78, 5) is 16.5. The Kier molecular flexibility index (Phi) is 4.34. The molecule has 0 unspecified atom stereocenters. The van der Waals surface area contributed by atoms with Crippen LogP contribution in [-0.2, 0) is 10.3 Å². The van der Waals surface area contributed by atoms with Crippen LogP contribution in [0.2, 0.25) is 0 Å². The summed E-state index contributed by atoms with van der Waals surface area (Å²) >= 11 is 0. The lowest BCUT2D eigenvalue weighted by Gasteiger charge is -2.38. The van der Waals surface area contributed by atoms with Crippen LogP contribution in [0.1, 0.15) is 18.4 Å². The average Bonchev–Trinajstić information content (AvgIpc) is 2.57. The van der Waals surface area contributed by atoms with Crippen molar-refractivity contribution < 1.29 is 9.53 Å². The normalized spacial score (nSPS) is 16.7. The molecule has 1 saturated heterocycles. The smallest absolute Gasteiger partial charge is 0.321 e. The van der Waals surface area contributed by atoms with Crippen LogP contribution in [0.4, 0.5) is 10.6 Å². The molecule has 5 heteroatoms. The predicted octanol–water partition coefficient (Wildman–Crippen LogP) is 2.91. The molecule has 0 saturated carbocycles. The topological polar surface area (TPSA) is 63.2 Å². The highest BCUT2D eigenvalue weighted by molar-refractivity contribution is 5.88. The summed E-state index contributed by atoms with van der Waals surface area (Å²) in [5, 5.41) is 5.91. The molecule has 1 aliphatic heterocycles. The fourth-order valence-electron chi connectivity index (χ4n) is 2.76. The van der Waals surface area contributed by atoms with E-state index in [-0.39, 0.29) is 6.03 Å². The van der Waals surface area contributed by atoms with Gasteiger partial charge in [0.1, 0.15) is 5.82 Å². The zero-order valence-electron chi connectivity index (χ0n) is 12.3. The molecule has 2 heterocycles. The maximum absolute atomic E-state index is 12.4. The third-order valence-electron chi connectivity index (χ3n) is 3.93. The van der Waals surface area contributed by atoms with E-state index in [2.05, 4.69) is 15.6 Å². The van der Waals surface area contributed by atoms with Crippen LogP contribution >= 0.6 is 0 Å². The highest BCUT2D eigenvalue weighted by atomic mass is 16.5. The number of carbonyl (C=O) groups is 1. The minimum Gasteiger partial charge on any atom is -0.381 e. The minimum absolute atomic E-state index is 0.246. The molecule has 1 aromatic heterocycles. The van der Waals surface area contributed by atoms with Crippen molar-refractivity contribution in [3.8, 4) is 0 Å². The number of aromatic nitrogens is 1. The van der Waals surface area contributed by atoms with Gasteiger partial charge < -0.3 is 10.1 Å². The number of pyridine rings is 1. The van der Waals surface area contributed by atoms with Gasteiger partial charge in [0.05, 0.1) is 5.54 Å². The van der Waals surface area contributed by atoms with Gasteiger partial charge in [0, 0.05) is 19.4 Å². The Balaban J connectivity index is 1.77. The van der Waals surface area contributed by atoms with Gasteiger partial charge in [-0.15, -0.1) is 0 Å². The van der Waals surface area contributed by atoms with E-state index in [1.807, 2.05) is 42.5 Å². The first kappa shape index (κ1) is 14.5. The number of urea groups is 1. The second-order valence-corrected chi connectivity index (χ2v) is 5.35. The van der Waals surface area contributed by atoms with Crippen LogP contribution in [0.3, 0.4) is 0 Å². The Labute approximate surface area is 129 Å². The summed E-state index contributed by atoms with van der Waals surface area (Å²) in [5.41, 5.74) is 0.715. The molecule has 0 atom stereocenters. The van der Waals surface area contributed by atoms with Gasteiger partial charge in [-0.2, -0.15) is 0 Å². The standard InChI is InChI=1S/C17H19N3O2/c21-16(19-15-8-4-5-11-18-15)20-17(9-12-22-13-10-17)14-6-2-1-3-7-14/h1-8,11H,9-10,12-13H2,(H2,18,19,20,21). The summed E-state index contributed by atoms with van der Waals surface area (Å²) in [7, 11) is 0. The number of benzene rings is 1. The van der Waals surface area contributed by atoms with E-state index in [4.69, 9.17) is 4.74 Å². The van der Waals surface area contributed by atoms with Gasteiger partial charge in [-0.3, -0.25) is 5.32 Å². The Hall–Kier alpha value is -2.40. The summed E-state index contributed by atoms with van der Waals surface area (Å²) < 4.78 is 5.46. The molecule has 1 fully saturated rings. The highest BCUT2D eigenvalue weighted by Crippen LogP contribution is 2.32. The first-order valence-electron chi connectivity index (χ1n) is 7.42. The van der Waals surface area contributed by atoms with Gasteiger partial charge >= 0.3 is 6.03 Å². The molecule has 114 valence electrons. The summed E-state index contributed by atoms with van der Waals surface area (Å²) in [5.74, 6) is 0.537. The molecule has 5 nitrogen and oxygen atoms in total. The Morgan fingerprint density at radius 3 is 2.45 bits per heavy atom. The number of carbonyl (C=O) groups excluding carboxylic acids is 1. The lowest BCUT2D eigenvalue weighted by molar-refractivity contribution is 0.0418. The molecular weight excluding hydrogens is 278 g/mol. The maximum Gasteiger partial charge on any atom is 0.321 e. The largest absolute Gasteiger partial charge is 0.381 e. The Bertz CT molecular complexity index is 610. The minimum atomic E-state index is -0.391. The molecule has 0 bridgehead atoms. The van der Waals surface area contributed by atoms with Gasteiger partial charge in [0.2, 0.25) is 0 Å². The van der Waals surface area contributed by atoms with E-state index in [1.165, 1.54) is 0 Å². The number of nitrogens with one attached hydrogen (secondary N) is 2. The van der Waals surface area contributed by atoms with E-state index in [1.54, 1.807) is 12.3 Å². The van der Waals surface area contributed by atoms with E-state index >= 15 is 0 Å². The second kappa shape index (κ2) is 6.58. The van der Waals surface area contributed by atoms with Crippen molar-refractivity contribution in [2.75, 3.05) is 18.5 Å². The van der Waals surface area contributed by atoms with Crippen molar-refractivity contribution in [2.45, 2.75) is 18.4 Å². The fraction of sp³-hybridized carbons (Fsp3) is 0.294. The third kappa shape index (κ3) is 3.26. The van der Waals surface area contributed by atoms with Crippen LogP contribution in [0.25, 0.3) is 0 Å². The molecule has 1 aromatic carbocycles. The second-order valence-electron chi connectivity index (χ2n) is 5.35. The third-order valence-corrected chi connectivity index (χ3v) is 3.93. The van der Waals surface area contributed by atoms with Gasteiger partial charge in [-0.25, -0.2) is 9.78 Å². The average molecular weight is 297 g/mol. The first-order valence-corrected chi connectivity index (χ1v) is 7.42. The van der Waals surface area contributed by atoms with Crippen molar-refractivity contribution in [1.82, 2.24) is 10.3 Å². The first-order chi connectivity index (χ1) is 10.8. The summed E-state index contributed by atoms with van der Waals surface area (Å²) in [6, 6.07) is 15.2. The van der Waals surface area contributed by atoms with Crippen LogP contribution in [0.5, 0.6) is 0 Å². The van der Waals surface area contributed by atoms with Crippen LogP contribution in [-0.4, -0.2) is 24.2 Å². The predicted molar refractivity (Wildman–Crippen MR) is 84.6 cm³/mol. The summed E-state index contributed by atoms with van der Waals surface area (Å²) in [6.07, 6.45) is 3.16. The molecule has 2 N–H and O–H groups in total. The molecule has 0 spiro atoms. The van der Waals surface area contributed by atoms with E-state index in [0.29, 0.717) is 19.0 Å². The number of hydrogen-bond donors (Lipinski definition) is 2. The van der Waals surface area contributed by atoms with E-state index in [9.17, 15) is 4.79 Å². The van der Waals surface area contributed by atoms with Gasteiger partial charge in [-0.1, -0.05) is 36.4 Å². The maximum atomic E-state index is 12.4. The SMILES string of the molecule is O=C(Nc1ccccn1)NC1(c2ccccc2)CCOCC1.